The van der Waals surface area contributed by atoms with Gasteiger partial charge in [0.2, 0.25) is 11.8 Å². The Balaban J connectivity index is 4.30. The molecule has 0 aromatic rings. The van der Waals surface area contributed by atoms with E-state index in [1.165, 1.54) is 154 Å². The fourth-order valence-corrected chi connectivity index (χ4v) is 7.98. The van der Waals surface area contributed by atoms with E-state index in [0.29, 0.717) is 19.3 Å². The normalized spacial score (nSPS) is 12.7. The summed E-state index contributed by atoms with van der Waals surface area (Å²) in [4.78, 5) is 47.8. The van der Waals surface area contributed by atoms with Crippen LogP contribution in [-0.4, -0.2) is 59.3 Å². The SMILES string of the molecule is CCCCCCC/C=C\C/C=C\CCCCCCCCCCCC(=O)OC(CCCCC/C=C\CCCCCCCCCC)CCCCCCCC(=O)NCC(=O)NC(CO)C(=O)O. The molecule has 2 unspecified atom stereocenters. The Morgan fingerprint density at radius 1 is 0.469 bits per heavy atom. The standard InChI is InChI=1S/C55H100N2O7/c1-3-5-7-9-11-13-15-17-19-20-21-22-23-24-26-28-30-32-34-39-43-47-54(61)64-50(44-40-36-33-31-29-27-25-18-16-14-12-10-8-6-4-2)45-41-37-35-38-42-46-52(59)56-48-53(60)57-51(49-58)55(62)63/h15,17,20-21,27,29,50-51,58H,3-14,16,18-19,22-26,28,30-49H2,1-2H3,(H,56,59)(H,57,60)(H,62,63)/b17-15-,21-20-,29-27-. The molecule has 2 atom stereocenters. The van der Waals surface area contributed by atoms with Crippen molar-refractivity contribution in [1.82, 2.24) is 10.6 Å². The number of ether oxygens (including phenoxy) is 1. The van der Waals surface area contributed by atoms with E-state index in [9.17, 15) is 19.2 Å². The monoisotopic (exact) mass is 901 g/mol. The number of unbranched alkanes of at least 4 members (excludes halogenated alkanes) is 29. The zero-order chi connectivity index (χ0) is 46.8. The van der Waals surface area contributed by atoms with Gasteiger partial charge in [0.05, 0.1) is 13.2 Å². The van der Waals surface area contributed by atoms with E-state index in [1.807, 2.05) is 0 Å². The molecule has 0 radical (unpaired) electrons. The van der Waals surface area contributed by atoms with Crippen LogP contribution in [0.3, 0.4) is 0 Å². The molecule has 64 heavy (non-hydrogen) atoms. The second-order valence-electron chi connectivity index (χ2n) is 18.3. The van der Waals surface area contributed by atoms with Crippen LogP contribution in [-0.2, 0) is 23.9 Å². The lowest BCUT2D eigenvalue weighted by Gasteiger charge is -2.18. The highest BCUT2D eigenvalue weighted by atomic mass is 16.5. The molecule has 0 spiro atoms. The second kappa shape index (κ2) is 49.5. The lowest BCUT2D eigenvalue weighted by Crippen LogP contribution is -2.47. The zero-order valence-corrected chi connectivity index (χ0v) is 41.5. The molecule has 0 heterocycles. The van der Waals surface area contributed by atoms with E-state index in [0.717, 1.165) is 77.0 Å². The Labute approximate surface area is 393 Å². The van der Waals surface area contributed by atoms with E-state index in [-0.39, 0.29) is 24.5 Å². The number of allylic oxidation sites excluding steroid dienone is 6. The van der Waals surface area contributed by atoms with Crippen LogP contribution >= 0.6 is 0 Å². The number of hydrogen-bond acceptors (Lipinski definition) is 6. The van der Waals surface area contributed by atoms with E-state index < -0.39 is 24.5 Å². The van der Waals surface area contributed by atoms with Crippen molar-refractivity contribution < 1.29 is 34.1 Å². The summed E-state index contributed by atoms with van der Waals surface area (Å²) in [5.74, 6) is -2.29. The summed E-state index contributed by atoms with van der Waals surface area (Å²) < 4.78 is 6.07. The quantitative estimate of drug-likeness (QED) is 0.0271. The molecule has 9 nitrogen and oxygen atoms in total. The minimum Gasteiger partial charge on any atom is -0.480 e. The molecule has 372 valence electrons. The van der Waals surface area contributed by atoms with Crippen molar-refractivity contribution >= 4 is 23.8 Å². The number of rotatable bonds is 49. The maximum absolute atomic E-state index is 12.9. The molecule has 0 aliphatic carbocycles. The third-order valence-electron chi connectivity index (χ3n) is 12.1. The molecule has 0 saturated carbocycles. The first-order valence-electron chi connectivity index (χ1n) is 26.9. The molecule has 9 heteroatoms. The molecular formula is C55H100N2O7. The highest BCUT2D eigenvalue weighted by Gasteiger charge is 2.19. The van der Waals surface area contributed by atoms with Gasteiger partial charge in [0, 0.05) is 12.8 Å². The minimum absolute atomic E-state index is 0.0317. The van der Waals surface area contributed by atoms with Crippen LogP contribution in [0.25, 0.3) is 0 Å². The fraction of sp³-hybridized carbons (Fsp3) is 0.818. The number of carbonyl (C=O) groups excluding carboxylic acids is 3. The van der Waals surface area contributed by atoms with Crippen LogP contribution < -0.4 is 10.6 Å². The van der Waals surface area contributed by atoms with E-state index in [4.69, 9.17) is 14.9 Å². The van der Waals surface area contributed by atoms with Crippen LogP contribution in [0, 0.1) is 0 Å². The van der Waals surface area contributed by atoms with Gasteiger partial charge in [-0.05, 0) is 96.3 Å². The molecule has 0 aliphatic rings. The summed E-state index contributed by atoms with van der Waals surface area (Å²) >= 11 is 0. The average Bonchev–Trinajstić information content (AvgIpc) is 3.28. The third kappa shape index (κ3) is 45.6. The number of carbonyl (C=O) groups is 4. The number of aliphatic carboxylic acids is 1. The molecule has 0 aromatic carbocycles. The molecule has 0 aromatic heterocycles. The molecule has 0 rings (SSSR count). The van der Waals surface area contributed by atoms with Gasteiger partial charge < -0.3 is 25.6 Å². The van der Waals surface area contributed by atoms with Crippen LogP contribution in [0.2, 0.25) is 0 Å². The van der Waals surface area contributed by atoms with E-state index in [1.54, 1.807) is 0 Å². The summed E-state index contributed by atoms with van der Waals surface area (Å²) in [5, 5.41) is 22.6. The van der Waals surface area contributed by atoms with E-state index in [2.05, 4.69) is 60.9 Å². The third-order valence-corrected chi connectivity index (χ3v) is 12.1. The maximum Gasteiger partial charge on any atom is 0.328 e. The Morgan fingerprint density at radius 2 is 0.844 bits per heavy atom. The summed E-state index contributed by atoms with van der Waals surface area (Å²) in [6.45, 7) is 3.50. The van der Waals surface area contributed by atoms with Crippen molar-refractivity contribution in [1.29, 1.82) is 0 Å². The van der Waals surface area contributed by atoms with Gasteiger partial charge in [-0.2, -0.15) is 0 Å². The average molecular weight is 901 g/mol. The summed E-state index contributed by atoms with van der Waals surface area (Å²) in [6.07, 6.45) is 59.0. The van der Waals surface area contributed by atoms with Gasteiger partial charge in [-0.25, -0.2) is 4.79 Å². The largest absolute Gasteiger partial charge is 0.480 e. The van der Waals surface area contributed by atoms with Crippen molar-refractivity contribution in [3.8, 4) is 0 Å². The summed E-state index contributed by atoms with van der Waals surface area (Å²) in [6, 6.07) is -1.38. The minimum atomic E-state index is -1.38. The number of aliphatic hydroxyl groups excluding tert-OH is 1. The van der Waals surface area contributed by atoms with Gasteiger partial charge >= 0.3 is 11.9 Å². The number of hydrogen-bond donors (Lipinski definition) is 4. The van der Waals surface area contributed by atoms with Gasteiger partial charge in [-0.15, -0.1) is 0 Å². The number of esters is 1. The number of carboxylic acid groups (broad SMARTS) is 1. The zero-order valence-electron chi connectivity index (χ0n) is 41.5. The smallest absolute Gasteiger partial charge is 0.328 e. The Kier molecular flexibility index (Phi) is 47.2. The summed E-state index contributed by atoms with van der Waals surface area (Å²) in [5.41, 5.74) is 0. The fourth-order valence-electron chi connectivity index (χ4n) is 7.98. The van der Waals surface area contributed by atoms with Crippen molar-refractivity contribution in [2.75, 3.05) is 13.2 Å². The van der Waals surface area contributed by atoms with E-state index >= 15 is 0 Å². The number of nitrogens with one attached hydrogen (secondary N) is 2. The van der Waals surface area contributed by atoms with Crippen molar-refractivity contribution in [2.45, 2.75) is 276 Å². The number of aliphatic hydroxyl groups is 1. The van der Waals surface area contributed by atoms with Crippen LogP contribution in [0.5, 0.6) is 0 Å². The molecule has 0 bridgehead atoms. The molecule has 0 aliphatic heterocycles. The Morgan fingerprint density at radius 3 is 1.28 bits per heavy atom. The van der Waals surface area contributed by atoms with Gasteiger partial charge in [0.1, 0.15) is 12.1 Å². The summed E-state index contributed by atoms with van der Waals surface area (Å²) in [7, 11) is 0. The number of carboxylic acids is 1. The first kappa shape index (κ1) is 61.1. The van der Waals surface area contributed by atoms with Crippen LogP contribution in [0.15, 0.2) is 36.5 Å². The first-order chi connectivity index (χ1) is 31.3. The maximum atomic E-state index is 12.9. The van der Waals surface area contributed by atoms with Gasteiger partial charge in [0.25, 0.3) is 0 Å². The van der Waals surface area contributed by atoms with Crippen molar-refractivity contribution in [3.63, 3.8) is 0 Å². The molecular weight excluding hydrogens is 801 g/mol. The topological polar surface area (TPSA) is 142 Å². The highest BCUT2D eigenvalue weighted by molar-refractivity contribution is 5.87. The van der Waals surface area contributed by atoms with Crippen molar-refractivity contribution in [3.05, 3.63) is 36.5 Å². The van der Waals surface area contributed by atoms with Crippen LogP contribution in [0.4, 0.5) is 0 Å². The first-order valence-corrected chi connectivity index (χ1v) is 26.9. The molecule has 4 N–H and O–H groups in total. The van der Waals surface area contributed by atoms with Crippen LogP contribution in [0.1, 0.15) is 264 Å². The lowest BCUT2D eigenvalue weighted by atomic mass is 10.0. The lowest BCUT2D eigenvalue weighted by molar-refractivity contribution is -0.150. The van der Waals surface area contributed by atoms with Gasteiger partial charge in [0.15, 0.2) is 0 Å². The molecule has 2 amide bonds. The predicted octanol–water partition coefficient (Wildman–Crippen LogP) is 14.5. The molecule has 0 saturated heterocycles. The highest BCUT2D eigenvalue weighted by Crippen LogP contribution is 2.19. The Bertz CT molecular complexity index is 1170. The molecule has 0 fully saturated rings. The second-order valence-corrected chi connectivity index (χ2v) is 18.3. The number of amides is 2. The van der Waals surface area contributed by atoms with Gasteiger partial charge in [-0.3, -0.25) is 14.4 Å². The van der Waals surface area contributed by atoms with Crippen molar-refractivity contribution in [2.24, 2.45) is 0 Å². The predicted molar refractivity (Wildman–Crippen MR) is 268 cm³/mol. The Hall–Kier alpha value is -2.94. The van der Waals surface area contributed by atoms with Gasteiger partial charge in [-0.1, -0.05) is 192 Å².